The molecule has 0 bridgehead atoms. The Kier molecular flexibility index (Phi) is 3.67. The molecule has 0 radical (unpaired) electrons. The predicted octanol–water partition coefficient (Wildman–Crippen LogP) is 3.89. The van der Waals surface area contributed by atoms with E-state index >= 15 is 0 Å². The molecular formula is C20H20O2Si. The van der Waals surface area contributed by atoms with Crippen LogP contribution in [0.4, 0.5) is 0 Å². The van der Waals surface area contributed by atoms with E-state index in [-0.39, 0.29) is 6.10 Å². The second-order valence-corrected chi connectivity index (χ2v) is 10.1. The van der Waals surface area contributed by atoms with E-state index in [1.807, 2.05) is 12.1 Å². The van der Waals surface area contributed by atoms with Crippen molar-refractivity contribution in [2.45, 2.75) is 25.0 Å². The summed E-state index contributed by atoms with van der Waals surface area (Å²) in [4.78, 5) is 0. The monoisotopic (exact) mass is 320 g/mol. The van der Waals surface area contributed by atoms with Gasteiger partial charge in [0.05, 0.1) is 6.26 Å². The SMILES string of the molecule is C[C@H]1C[C@H](c2ccco2)O[Si]1(c1ccccc1)c1ccccc1. The topological polar surface area (TPSA) is 22.4 Å². The van der Waals surface area contributed by atoms with Crippen molar-refractivity contribution in [3.63, 3.8) is 0 Å². The van der Waals surface area contributed by atoms with Crippen LogP contribution in [0, 0.1) is 0 Å². The van der Waals surface area contributed by atoms with Crippen LogP contribution >= 0.6 is 0 Å². The molecule has 1 aromatic heterocycles. The van der Waals surface area contributed by atoms with Crippen molar-refractivity contribution in [3.8, 4) is 0 Å². The molecule has 2 aromatic carbocycles. The minimum atomic E-state index is -2.27. The van der Waals surface area contributed by atoms with Crippen molar-refractivity contribution in [3.05, 3.63) is 84.8 Å². The summed E-state index contributed by atoms with van der Waals surface area (Å²) in [5.41, 5.74) is 0.488. The van der Waals surface area contributed by atoms with Gasteiger partial charge in [0.25, 0.3) is 8.32 Å². The highest BCUT2D eigenvalue weighted by Gasteiger charge is 2.52. The summed E-state index contributed by atoms with van der Waals surface area (Å²) in [6, 6.07) is 25.5. The number of hydrogen-bond acceptors (Lipinski definition) is 2. The van der Waals surface area contributed by atoms with Crippen LogP contribution in [0.1, 0.15) is 25.2 Å². The highest BCUT2D eigenvalue weighted by molar-refractivity contribution is 6.98. The first-order valence-electron chi connectivity index (χ1n) is 8.13. The molecule has 1 aliphatic rings. The van der Waals surface area contributed by atoms with Crippen LogP contribution in [0.25, 0.3) is 0 Å². The molecule has 116 valence electrons. The highest BCUT2D eigenvalue weighted by Crippen LogP contribution is 2.44. The summed E-state index contributed by atoms with van der Waals surface area (Å²) >= 11 is 0. The van der Waals surface area contributed by atoms with E-state index in [2.05, 4.69) is 67.6 Å². The molecule has 1 saturated heterocycles. The zero-order valence-corrected chi connectivity index (χ0v) is 14.2. The number of rotatable bonds is 3. The van der Waals surface area contributed by atoms with Crippen molar-refractivity contribution >= 4 is 18.7 Å². The van der Waals surface area contributed by atoms with Gasteiger partial charge >= 0.3 is 0 Å². The normalized spacial score (nSPS) is 23.0. The molecule has 4 rings (SSSR count). The first-order chi connectivity index (χ1) is 11.3. The standard InChI is InChI=1S/C20H20O2Si/c1-16-15-20(19-13-8-14-21-19)22-23(16,17-9-4-2-5-10-17)18-11-6-3-7-12-18/h2-14,16,20H,15H2,1H3/t16-,20+/m0/s1. The van der Waals surface area contributed by atoms with E-state index in [1.54, 1.807) is 6.26 Å². The van der Waals surface area contributed by atoms with Gasteiger partial charge in [-0.25, -0.2) is 0 Å². The van der Waals surface area contributed by atoms with Crippen LogP contribution in [0.5, 0.6) is 0 Å². The van der Waals surface area contributed by atoms with Crippen LogP contribution in [0.3, 0.4) is 0 Å². The second kappa shape index (κ2) is 5.83. The van der Waals surface area contributed by atoms with E-state index in [9.17, 15) is 0 Å². The van der Waals surface area contributed by atoms with Gasteiger partial charge < -0.3 is 8.84 Å². The minimum absolute atomic E-state index is 0.0482. The smallest absolute Gasteiger partial charge is 0.259 e. The maximum absolute atomic E-state index is 6.82. The fraction of sp³-hybridized carbons (Fsp3) is 0.200. The van der Waals surface area contributed by atoms with Gasteiger partial charge in [0.15, 0.2) is 0 Å². The summed E-state index contributed by atoms with van der Waals surface area (Å²) in [5, 5.41) is 2.68. The van der Waals surface area contributed by atoms with Crippen LogP contribution in [0.2, 0.25) is 5.54 Å². The van der Waals surface area contributed by atoms with Crippen LogP contribution < -0.4 is 10.4 Å². The van der Waals surface area contributed by atoms with Gasteiger partial charge in [-0.2, -0.15) is 0 Å². The van der Waals surface area contributed by atoms with Gasteiger partial charge in [0, 0.05) is 0 Å². The highest BCUT2D eigenvalue weighted by atomic mass is 28.4. The zero-order chi connectivity index (χ0) is 15.7. The lowest BCUT2D eigenvalue weighted by molar-refractivity contribution is 0.199. The molecule has 1 aliphatic heterocycles. The van der Waals surface area contributed by atoms with Crippen molar-refractivity contribution in [1.82, 2.24) is 0 Å². The van der Waals surface area contributed by atoms with E-state index in [1.165, 1.54) is 10.4 Å². The number of furan rings is 1. The molecule has 0 N–H and O–H groups in total. The van der Waals surface area contributed by atoms with Crippen molar-refractivity contribution in [2.75, 3.05) is 0 Å². The quantitative estimate of drug-likeness (QED) is 0.683. The molecule has 0 unspecified atom stereocenters. The maximum Gasteiger partial charge on any atom is 0.259 e. The van der Waals surface area contributed by atoms with E-state index in [4.69, 9.17) is 8.84 Å². The van der Waals surface area contributed by atoms with Gasteiger partial charge in [0.2, 0.25) is 0 Å². The Morgan fingerprint density at radius 3 is 1.96 bits per heavy atom. The fourth-order valence-electron chi connectivity index (χ4n) is 3.77. The second-order valence-electron chi connectivity index (χ2n) is 6.23. The Bertz CT molecular complexity index is 713. The van der Waals surface area contributed by atoms with Crippen LogP contribution in [0.15, 0.2) is 83.5 Å². The minimum Gasteiger partial charge on any atom is -0.467 e. The molecule has 2 heterocycles. The Hall–Kier alpha value is -2.10. The lowest BCUT2D eigenvalue weighted by Gasteiger charge is -2.31. The van der Waals surface area contributed by atoms with Crippen LogP contribution in [-0.4, -0.2) is 8.32 Å². The molecule has 2 nitrogen and oxygen atoms in total. The molecule has 0 aliphatic carbocycles. The average Bonchev–Trinajstić information content (AvgIpc) is 3.25. The van der Waals surface area contributed by atoms with E-state index < -0.39 is 8.32 Å². The largest absolute Gasteiger partial charge is 0.467 e. The van der Waals surface area contributed by atoms with E-state index in [0.717, 1.165) is 12.2 Å². The fourth-order valence-corrected chi connectivity index (χ4v) is 8.33. The van der Waals surface area contributed by atoms with Crippen molar-refractivity contribution < 1.29 is 8.84 Å². The Balaban J connectivity index is 1.84. The molecule has 0 amide bonds. The maximum atomic E-state index is 6.82. The summed E-state index contributed by atoms with van der Waals surface area (Å²) in [7, 11) is -2.27. The van der Waals surface area contributed by atoms with Gasteiger partial charge in [-0.15, -0.1) is 0 Å². The van der Waals surface area contributed by atoms with E-state index in [0.29, 0.717) is 5.54 Å². The summed E-state index contributed by atoms with van der Waals surface area (Å²) < 4.78 is 12.5. The Morgan fingerprint density at radius 1 is 0.826 bits per heavy atom. The number of benzene rings is 2. The molecule has 0 spiro atoms. The first-order valence-corrected chi connectivity index (χ1v) is 10.1. The van der Waals surface area contributed by atoms with Gasteiger partial charge in [0.1, 0.15) is 11.9 Å². The molecular weight excluding hydrogens is 300 g/mol. The molecule has 23 heavy (non-hydrogen) atoms. The third kappa shape index (κ3) is 2.37. The molecule has 3 aromatic rings. The lowest BCUT2D eigenvalue weighted by atomic mass is 10.1. The third-order valence-electron chi connectivity index (χ3n) is 4.86. The number of hydrogen-bond donors (Lipinski definition) is 0. The van der Waals surface area contributed by atoms with Gasteiger partial charge in [-0.3, -0.25) is 0 Å². The summed E-state index contributed by atoms with van der Waals surface area (Å²) in [5.74, 6) is 0.943. The van der Waals surface area contributed by atoms with Gasteiger partial charge in [-0.05, 0) is 34.5 Å². The first kappa shape index (κ1) is 14.5. The molecule has 2 atom stereocenters. The zero-order valence-electron chi connectivity index (χ0n) is 13.2. The Morgan fingerprint density at radius 2 is 1.43 bits per heavy atom. The van der Waals surface area contributed by atoms with Gasteiger partial charge in [-0.1, -0.05) is 67.6 Å². The average molecular weight is 320 g/mol. The van der Waals surface area contributed by atoms with Crippen molar-refractivity contribution in [2.24, 2.45) is 0 Å². The van der Waals surface area contributed by atoms with Crippen LogP contribution in [-0.2, 0) is 4.43 Å². The predicted molar refractivity (Wildman–Crippen MR) is 94.5 cm³/mol. The third-order valence-corrected chi connectivity index (χ3v) is 9.52. The lowest BCUT2D eigenvalue weighted by Crippen LogP contribution is -2.60. The van der Waals surface area contributed by atoms with Crippen molar-refractivity contribution in [1.29, 1.82) is 0 Å². The molecule has 1 fully saturated rings. The Labute approximate surface area is 137 Å². The summed E-state index contributed by atoms with van der Waals surface area (Å²) in [6.07, 6.45) is 2.78. The molecule has 0 saturated carbocycles. The summed E-state index contributed by atoms with van der Waals surface area (Å²) in [6.45, 7) is 2.33. The molecule has 3 heteroatoms.